The molecule has 152 valence electrons. The van der Waals surface area contributed by atoms with Gasteiger partial charge in [0.05, 0.1) is 0 Å². The summed E-state index contributed by atoms with van der Waals surface area (Å²) >= 11 is 1.81. The van der Waals surface area contributed by atoms with Gasteiger partial charge in [0.1, 0.15) is 12.4 Å². The minimum Gasteiger partial charge on any atom is -0.353 e. The van der Waals surface area contributed by atoms with E-state index in [1.54, 1.807) is 0 Å². The van der Waals surface area contributed by atoms with Crippen LogP contribution in [0.4, 0.5) is 0 Å². The minimum atomic E-state index is -0.467. The topological polar surface area (TPSA) is 72.7 Å². The third kappa shape index (κ3) is 5.04. The number of hydrogen-bond donors (Lipinski definition) is 1. The zero-order chi connectivity index (χ0) is 20.6. The van der Waals surface area contributed by atoms with Crippen LogP contribution in [-0.2, 0) is 17.0 Å². The van der Waals surface area contributed by atoms with Crippen molar-refractivity contribution in [2.45, 2.75) is 18.2 Å². The number of thioether (sulfide) groups is 1. The molecule has 0 saturated heterocycles. The van der Waals surface area contributed by atoms with Crippen molar-refractivity contribution in [3.8, 4) is 0 Å². The van der Waals surface area contributed by atoms with Gasteiger partial charge in [-0.15, -0.1) is 5.10 Å². The predicted octanol–water partition coefficient (Wildman–Crippen LogP) is 3.66. The number of benzene rings is 3. The quantitative estimate of drug-likeness (QED) is 0.421. The van der Waals surface area contributed by atoms with Crippen LogP contribution in [0.5, 0.6) is 0 Å². The number of hydrogen-bond acceptors (Lipinski definition) is 5. The molecule has 0 radical (unpaired) electrons. The largest absolute Gasteiger partial charge is 0.353 e. The van der Waals surface area contributed by atoms with Crippen LogP contribution in [0.1, 0.15) is 17.2 Å². The first-order chi connectivity index (χ1) is 14.8. The van der Waals surface area contributed by atoms with E-state index in [-0.39, 0.29) is 5.91 Å². The van der Waals surface area contributed by atoms with Gasteiger partial charge in [-0.3, -0.25) is 4.79 Å². The first-order valence-corrected chi connectivity index (χ1v) is 11.1. The van der Waals surface area contributed by atoms with Gasteiger partial charge in [0.2, 0.25) is 5.91 Å². The number of carbonyl (C=O) groups is 1. The molecule has 1 amide bonds. The highest BCUT2D eigenvalue weighted by Crippen LogP contribution is 2.22. The highest BCUT2D eigenvalue weighted by atomic mass is 32.2. The number of fused-ring (bicyclic) bond motifs is 1. The molecule has 4 aromatic rings. The maximum Gasteiger partial charge on any atom is 0.245 e. The molecule has 1 aromatic heterocycles. The molecule has 4 rings (SSSR count). The van der Waals surface area contributed by atoms with Crippen molar-refractivity contribution in [3.05, 3.63) is 90.3 Å². The second-order valence-electron chi connectivity index (χ2n) is 6.98. The zero-order valence-electron chi connectivity index (χ0n) is 16.5. The van der Waals surface area contributed by atoms with Crippen LogP contribution >= 0.6 is 11.8 Å². The Morgan fingerprint density at radius 2 is 1.80 bits per heavy atom. The third-order valence-electron chi connectivity index (χ3n) is 4.94. The number of aromatic nitrogens is 4. The maximum absolute atomic E-state index is 12.8. The SMILES string of the molecule is O=C(NCCSCc1cccc2ccccc12)C(Cc1ccccc1)n1cnnn1. The van der Waals surface area contributed by atoms with Crippen LogP contribution < -0.4 is 5.32 Å². The minimum absolute atomic E-state index is 0.0723. The van der Waals surface area contributed by atoms with Gasteiger partial charge in [-0.1, -0.05) is 72.8 Å². The third-order valence-corrected chi connectivity index (χ3v) is 5.95. The monoisotopic (exact) mass is 417 g/mol. The van der Waals surface area contributed by atoms with Crippen LogP contribution in [0, 0.1) is 0 Å². The lowest BCUT2D eigenvalue weighted by atomic mass is 10.1. The number of carbonyl (C=O) groups excluding carboxylic acids is 1. The zero-order valence-corrected chi connectivity index (χ0v) is 17.3. The fourth-order valence-electron chi connectivity index (χ4n) is 3.42. The van der Waals surface area contributed by atoms with Gasteiger partial charge in [-0.2, -0.15) is 11.8 Å². The van der Waals surface area contributed by atoms with Gasteiger partial charge < -0.3 is 5.32 Å². The van der Waals surface area contributed by atoms with Crippen LogP contribution in [0.2, 0.25) is 0 Å². The lowest BCUT2D eigenvalue weighted by Crippen LogP contribution is -2.35. The molecule has 30 heavy (non-hydrogen) atoms. The average Bonchev–Trinajstić information content (AvgIpc) is 3.32. The molecule has 1 atom stereocenters. The summed E-state index contributed by atoms with van der Waals surface area (Å²) in [6.45, 7) is 0.599. The number of amides is 1. The summed E-state index contributed by atoms with van der Waals surface area (Å²) in [6.07, 6.45) is 2.03. The van der Waals surface area contributed by atoms with Crippen molar-refractivity contribution in [3.63, 3.8) is 0 Å². The molecule has 0 aliphatic heterocycles. The number of nitrogens with zero attached hydrogens (tertiary/aromatic N) is 4. The fraction of sp³-hybridized carbons (Fsp3) is 0.217. The summed E-state index contributed by atoms with van der Waals surface area (Å²) < 4.78 is 1.52. The molecule has 0 saturated carbocycles. The van der Waals surface area contributed by atoms with E-state index in [9.17, 15) is 4.79 Å². The molecule has 3 aromatic carbocycles. The van der Waals surface area contributed by atoms with Crippen molar-refractivity contribution >= 4 is 28.4 Å². The Balaban J connectivity index is 1.30. The molecule has 6 nitrogen and oxygen atoms in total. The van der Waals surface area contributed by atoms with Gasteiger partial charge in [-0.25, -0.2) is 4.68 Å². The van der Waals surface area contributed by atoms with Crippen molar-refractivity contribution in [2.24, 2.45) is 0 Å². The predicted molar refractivity (Wildman–Crippen MR) is 120 cm³/mol. The Bertz CT molecular complexity index is 1080. The van der Waals surface area contributed by atoms with E-state index < -0.39 is 6.04 Å². The summed E-state index contributed by atoms with van der Waals surface area (Å²) in [6, 6.07) is 24.3. The van der Waals surface area contributed by atoms with E-state index in [1.165, 1.54) is 27.3 Å². The molecule has 0 spiro atoms. The summed E-state index contributed by atoms with van der Waals surface area (Å²) in [4.78, 5) is 12.8. The smallest absolute Gasteiger partial charge is 0.245 e. The summed E-state index contributed by atoms with van der Waals surface area (Å²) in [5.41, 5.74) is 2.39. The lowest BCUT2D eigenvalue weighted by molar-refractivity contribution is -0.124. The molecule has 1 heterocycles. The van der Waals surface area contributed by atoms with E-state index in [4.69, 9.17) is 0 Å². The molecule has 0 bridgehead atoms. The highest BCUT2D eigenvalue weighted by molar-refractivity contribution is 7.98. The van der Waals surface area contributed by atoms with Gasteiger partial charge in [-0.05, 0) is 32.3 Å². The van der Waals surface area contributed by atoms with Crippen LogP contribution in [-0.4, -0.2) is 38.4 Å². The molecular weight excluding hydrogens is 394 g/mol. The molecule has 0 aliphatic carbocycles. The second kappa shape index (κ2) is 10.0. The van der Waals surface area contributed by atoms with Gasteiger partial charge in [0, 0.05) is 24.5 Å². The van der Waals surface area contributed by atoms with Crippen molar-refractivity contribution in [1.82, 2.24) is 25.5 Å². The van der Waals surface area contributed by atoms with Crippen LogP contribution in [0.25, 0.3) is 10.8 Å². The highest BCUT2D eigenvalue weighted by Gasteiger charge is 2.21. The van der Waals surface area contributed by atoms with Crippen molar-refractivity contribution in [1.29, 1.82) is 0 Å². The Morgan fingerprint density at radius 3 is 2.63 bits per heavy atom. The first kappa shape index (κ1) is 20.1. The van der Waals surface area contributed by atoms with Crippen molar-refractivity contribution in [2.75, 3.05) is 12.3 Å². The molecular formula is C23H23N5OS. The molecule has 1 unspecified atom stereocenters. The van der Waals surface area contributed by atoms with E-state index in [2.05, 4.69) is 63.3 Å². The molecule has 7 heteroatoms. The normalized spacial score (nSPS) is 12.0. The molecule has 1 N–H and O–H groups in total. The van der Waals surface area contributed by atoms with Gasteiger partial charge in [0.25, 0.3) is 0 Å². The molecule has 0 fully saturated rings. The summed E-state index contributed by atoms with van der Waals surface area (Å²) in [7, 11) is 0. The Hall–Kier alpha value is -3.19. The van der Waals surface area contributed by atoms with Crippen LogP contribution in [0.3, 0.4) is 0 Å². The fourth-order valence-corrected chi connectivity index (χ4v) is 4.28. The Kier molecular flexibility index (Phi) is 6.72. The number of nitrogens with one attached hydrogen (secondary N) is 1. The van der Waals surface area contributed by atoms with Crippen molar-refractivity contribution < 1.29 is 4.79 Å². The van der Waals surface area contributed by atoms with E-state index >= 15 is 0 Å². The first-order valence-electron chi connectivity index (χ1n) is 9.90. The molecule has 0 aliphatic rings. The van der Waals surface area contributed by atoms with Crippen LogP contribution in [0.15, 0.2) is 79.1 Å². The number of tetrazole rings is 1. The summed E-state index contributed by atoms with van der Waals surface area (Å²) in [5.74, 6) is 1.68. The van der Waals surface area contributed by atoms with Gasteiger partial charge in [0.15, 0.2) is 0 Å². The maximum atomic E-state index is 12.8. The van der Waals surface area contributed by atoms with Gasteiger partial charge >= 0.3 is 0 Å². The second-order valence-corrected chi connectivity index (χ2v) is 8.08. The lowest BCUT2D eigenvalue weighted by Gasteiger charge is -2.16. The number of rotatable bonds is 9. The Labute approximate surface area is 179 Å². The summed E-state index contributed by atoms with van der Waals surface area (Å²) in [5, 5.41) is 16.9. The Morgan fingerprint density at radius 1 is 1.00 bits per heavy atom. The average molecular weight is 418 g/mol. The van der Waals surface area contributed by atoms with E-state index in [0.717, 1.165) is 17.1 Å². The van der Waals surface area contributed by atoms with E-state index in [0.29, 0.717) is 13.0 Å². The van der Waals surface area contributed by atoms with E-state index in [1.807, 2.05) is 42.1 Å². The standard InChI is InChI=1S/C23H23N5OS/c29-23(22(28-17-25-26-27-28)15-18-7-2-1-3-8-18)24-13-14-30-16-20-11-6-10-19-9-4-5-12-21(19)20/h1-12,17,22H,13-16H2,(H,24,29).